The van der Waals surface area contributed by atoms with Crippen molar-refractivity contribution in [3.63, 3.8) is 0 Å². The highest BCUT2D eigenvalue weighted by Crippen LogP contribution is 2.26. The third-order valence-corrected chi connectivity index (χ3v) is 5.15. The third kappa shape index (κ3) is 3.55. The number of methoxy groups -OCH3 is 2. The van der Waals surface area contributed by atoms with Gasteiger partial charge in [0.25, 0.3) is 5.91 Å². The number of aryl methyl sites for hydroxylation is 1. The van der Waals surface area contributed by atoms with Crippen LogP contribution in [0.25, 0.3) is 11.3 Å². The summed E-state index contributed by atoms with van der Waals surface area (Å²) in [5, 5.41) is 0. The largest absolute Gasteiger partial charge is 0.497 e. The van der Waals surface area contributed by atoms with Gasteiger partial charge in [-0.2, -0.15) is 4.99 Å². The molecule has 3 rings (SSSR count). The molecule has 0 aliphatic rings. The maximum Gasteiger partial charge on any atom is 0.279 e. The van der Waals surface area contributed by atoms with Crippen molar-refractivity contribution in [1.29, 1.82) is 0 Å². The molecule has 0 N–H and O–H groups in total. The number of hydrogen-bond acceptors (Lipinski definition) is 4. The fourth-order valence-corrected chi connectivity index (χ4v) is 3.70. The number of nitrogens with zero attached hydrogens (tertiary/aromatic N) is 2. The van der Waals surface area contributed by atoms with Gasteiger partial charge in [0.1, 0.15) is 11.5 Å². The maximum absolute atomic E-state index is 12.5. The van der Waals surface area contributed by atoms with Gasteiger partial charge in [-0.05, 0) is 61.0 Å². The minimum Gasteiger partial charge on any atom is -0.497 e. The molecule has 0 aliphatic carbocycles. The summed E-state index contributed by atoms with van der Waals surface area (Å²) in [5.41, 5.74) is 2.63. The maximum atomic E-state index is 12.5. The summed E-state index contributed by atoms with van der Waals surface area (Å²) in [6, 6.07) is 14.8. The van der Waals surface area contributed by atoms with Crippen molar-refractivity contribution < 1.29 is 14.3 Å². The van der Waals surface area contributed by atoms with Gasteiger partial charge in [0, 0.05) is 17.5 Å². The molecular formula is C20H20N2O3S. The third-order valence-electron chi connectivity index (χ3n) is 4.10. The van der Waals surface area contributed by atoms with E-state index in [1.165, 1.54) is 11.3 Å². The molecule has 0 bridgehead atoms. The van der Waals surface area contributed by atoms with E-state index in [4.69, 9.17) is 9.47 Å². The topological polar surface area (TPSA) is 52.8 Å². The number of hydrogen-bond donors (Lipinski definition) is 0. The number of aromatic nitrogens is 1. The van der Waals surface area contributed by atoms with E-state index in [1.807, 2.05) is 42.8 Å². The van der Waals surface area contributed by atoms with E-state index in [2.05, 4.69) is 4.99 Å². The van der Waals surface area contributed by atoms with Crippen molar-refractivity contribution in [3.05, 3.63) is 63.8 Å². The molecule has 5 nitrogen and oxygen atoms in total. The van der Waals surface area contributed by atoms with Gasteiger partial charge in [-0.25, -0.2) is 0 Å². The predicted molar refractivity (Wildman–Crippen MR) is 103 cm³/mol. The van der Waals surface area contributed by atoms with Crippen LogP contribution in [-0.4, -0.2) is 24.7 Å². The summed E-state index contributed by atoms with van der Waals surface area (Å²) in [6.07, 6.45) is 0. The first-order valence-electron chi connectivity index (χ1n) is 8.07. The Bertz CT molecular complexity index is 983. The first-order valence-corrected chi connectivity index (χ1v) is 8.89. The lowest BCUT2D eigenvalue weighted by molar-refractivity contribution is 0.0998. The zero-order valence-corrected chi connectivity index (χ0v) is 16.0. The second-order valence-electron chi connectivity index (χ2n) is 5.72. The molecule has 1 heterocycles. The predicted octanol–water partition coefficient (Wildman–Crippen LogP) is 3.82. The Hall–Kier alpha value is -2.86. The van der Waals surface area contributed by atoms with E-state index < -0.39 is 0 Å². The highest BCUT2D eigenvalue weighted by Gasteiger charge is 2.12. The van der Waals surface area contributed by atoms with Crippen LogP contribution in [0, 0.1) is 6.92 Å². The van der Waals surface area contributed by atoms with Gasteiger partial charge in [-0.15, -0.1) is 11.3 Å². The quantitative estimate of drug-likeness (QED) is 0.703. The van der Waals surface area contributed by atoms with Crippen LogP contribution < -0.4 is 14.3 Å². The van der Waals surface area contributed by atoms with Crippen LogP contribution >= 0.6 is 11.3 Å². The van der Waals surface area contributed by atoms with Gasteiger partial charge in [0.15, 0.2) is 4.80 Å². The second kappa shape index (κ2) is 7.58. The van der Waals surface area contributed by atoms with Crippen LogP contribution in [-0.2, 0) is 7.05 Å². The van der Waals surface area contributed by atoms with E-state index in [0.29, 0.717) is 16.1 Å². The molecule has 1 aromatic heterocycles. The fourth-order valence-electron chi connectivity index (χ4n) is 2.71. The molecule has 0 unspecified atom stereocenters. The Morgan fingerprint density at radius 2 is 1.50 bits per heavy atom. The minimum atomic E-state index is -0.272. The van der Waals surface area contributed by atoms with Crippen LogP contribution in [0.4, 0.5) is 0 Å². The van der Waals surface area contributed by atoms with E-state index in [0.717, 1.165) is 21.9 Å². The van der Waals surface area contributed by atoms with Gasteiger partial charge in [0.2, 0.25) is 0 Å². The Kier molecular flexibility index (Phi) is 5.23. The second-order valence-corrected chi connectivity index (χ2v) is 6.90. The summed E-state index contributed by atoms with van der Waals surface area (Å²) < 4.78 is 12.3. The molecule has 1 amide bonds. The first-order chi connectivity index (χ1) is 12.5. The van der Waals surface area contributed by atoms with Crippen LogP contribution in [0.3, 0.4) is 0 Å². The number of carbonyl (C=O) groups is 1. The summed E-state index contributed by atoms with van der Waals surface area (Å²) in [5.74, 6) is 1.25. The fraction of sp³-hybridized carbons (Fsp3) is 0.200. The molecule has 26 heavy (non-hydrogen) atoms. The molecule has 3 aromatic rings. The molecule has 0 fully saturated rings. The molecule has 6 heteroatoms. The normalized spacial score (nSPS) is 11.5. The van der Waals surface area contributed by atoms with E-state index >= 15 is 0 Å². The van der Waals surface area contributed by atoms with Gasteiger partial charge in [0.05, 0.1) is 19.9 Å². The molecule has 2 aromatic carbocycles. The molecular weight excluding hydrogens is 348 g/mol. The highest BCUT2D eigenvalue weighted by atomic mass is 32.1. The Balaban J connectivity index is 1.97. The molecule has 134 valence electrons. The zero-order valence-electron chi connectivity index (χ0n) is 15.1. The molecule has 0 saturated carbocycles. The monoisotopic (exact) mass is 368 g/mol. The summed E-state index contributed by atoms with van der Waals surface area (Å²) in [7, 11) is 5.16. The molecule has 0 spiro atoms. The number of ether oxygens (including phenoxy) is 2. The lowest BCUT2D eigenvalue weighted by Gasteiger charge is -2.06. The lowest BCUT2D eigenvalue weighted by Crippen LogP contribution is -2.14. The lowest BCUT2D eigenvalue weighted by atomic mass is 10.1. The number of amides is 1. The average molecular weight is 368 g/mol. The zero-order chi connectivity index (χ0) is 18.7. The van der Waals surface area contributed by atoms with E-state index in [-0.39, 0.29) is 5.91 Å². The Labute approximate surface area is 156 Å². The summed E-state index contributed by atoms with van der Waals surface area (Å²) >= 11 is 1.50. The highest BCUT2D eigenvalue weighted by molar-refractivity contribution is 7.09. The van der Waals surface area contributed by atoms with Gasteiger partial charge < -0.3 is 14.0 Å². The molecule has 0 atom stereocenters. The van der Waals surface area contributed by atoms with Crippen molar-refractivity contribution in [2.24, 2.45) is 12.0 Å². The molecule has 0 saturated heterocycles. The van der Waals surface area contributed by atoms with Crippen molar-refractivity contribution in [1.82, 2.24) is 4.57 Å². The molecule has 0 radical (unpaired) electrons. The first kappa shape index (κ1) is 17.9. The van der Waals surface area contributed by atoms with Crippen molar-refractivity contribution >= 4 is 17.2 Å². The Morgan fingerprint density at radius 3 is 2.04 bits per heavy atom. The van der Waals surface area contributed by atoms with Crippen LogP contribution in [0.2, 0.25) is 0 Å². The summed E-state index contributed by atoms with van der Waals surface area (Å²) in [4.78, 5) is 18.5. The van der Waals surface area contributed by atoms with Crippen molar-refractivity contribution in [3.8, 4) is 22.8 Å². The number of rotatable bonds is 4. The van der Waals surface area contributed by atoms with E-state index in [1.54, 1.807) is 38.5 Å². The SMILES string of the molecule is COc1ccc(C(=O)N=c2sc(C)c(-c3ccc(OC)cc3)n2C)cc1. The smallest absolute Gasteiger partial charge is 0.279 e. The number of benzene rings is 2. The average Bonchev–Trinajstić information content (AvgIpc) is 2.95. The van der Waals surface area contributed by atoms with Crippen LogP contribution in [0.15, 0.2) is 53.5 Å². The van der Waals surface area contributed by atoms with Gasteiger partial charge >= 0.3 is 0 Å². The Morgan fingerprint density at radius 1 is 0.962 bits per heavy atom. The van der Waals surface area contributed by atoms with Crippen molar-refractivity contribution in [2.45, 2.75) is 6.92 Å². The van der Waals surface area contributed by atoms with Gasteiger partial charge in [-0.3, -0.25) is 4.79 Å². The molecule has 0 aliphatic heterocycles. The van der Waals surface area contributed by atoms with Gasteiger partial charge in [-0.1, -0.05) is 0 Å². The van der Waals surface area contributed by atoms with Crippen LogP contribution in [0.5, 0.6) is 11.5 Å². The number of carbonyl (C=O) groups excluding carboxylic acids is 1. The number of thiazole rings is 1. The van der Waals surface area contributed by atoms with Crippen molar-refractivity contribution in [2.75, 3.05) is 14.2 Å². The summed E-state index contributed by atoms with van der Waals surface area (Å²) in [6.45, 7) is 2.03. The minimum absolute atomic E-state index is 0.272. The standard InChI is InChI=1S/C20H20N2O3S/c1-13-18(14-5-9-16(24-3)10-6-14)22(2)20(26-13)21-19(23)15-7-11-17(25-4)12-8-15/h5-12H,1-4H3. The van der Waals surface area contributed by atoms with E-state index in [9.17, 15) is 4.79 Å². The van der Waals surface area contributed by atoms with Crippen LogP contribution in [0.1, 0.15) is 15.2 Å².